The minimum atomic E-state index is -0.155. The molecule has 2 N–H and O–H groups in total. The highest BCUT2D eigenvalue weighted by atomic mass is 32.1. The molecule has 0 aliphatic rings. The fourth-order valence-electron chi connectivity index (χ4n) is 1.88. The molecule has 0 saturated heterocycles. The maximum atomic E-state index is 9.40. The second-order valence-corrected chi connectivity index (χ2v) is 5.33. The van der Waals surface area contributed by atoms with E-state index in [4.69, 9.17) is 0 Å². The fourth-order valence-corrected chi connectivity index (χ4v) is 2.61. The van der Waals surface area contributed by atoms with Crippen molar-refractivity contribution in [2.75, 3.05) is 6.61 Å². The van der Waals surface area contributed by atoms with E-state index in [0.29, 0.717) is 6.04 Å². The Morgan fingerprint density at radius 1 is 1.60 bits per heavy atom. The molecule has 0 aliphatic carbocycles. The number of thiophene rings is 1. The summed E-state index contributed by atoms with van der Waals surface area (Å²) in [4.78, 5) is 1.32. The Kier molecular flexibility index (Phi) is 4.77. The number of aliphatic hydroxyl groups excluding tert-OH is 1. The van der Waals surface area contributed by atoms with Gasteiger partial charge in [0.15, 0.2) is 0 Å². The van der Waals surface area contributed by atoms with Gasteiger partial charge < -0.3 is 10.4 Å². The van der Waals surface area contributed by atoms with Crippen molar-refractivity contribution in [1.82, 2.24) is 5.32 Å². The molecule has 0 radical (unpaired) electrons. The van der Waals surface area contributed by atoms with Gasteiger partial charge in [0, 0.05) is 16.5 Å². The summed E-state index contributed by atoms with van der Waals surface area (Å²) in [6.45, 7) is 6.57. The summed E-state index contributed by atoms with van der Waals surface area (Å²) in [5, 5.41) is 15.0. The Bertz CT molecular complexity index is 273. The van der Waals surface area contributed by atoms with Gasteiger partial charge in [0.05, 0.1) is 6.61 Å². The highest BCUT2D eigenvalue weighted by Gasteiger charge is 2.24. The van der Waals surface area contributed by atoms with Gasteiger partial charge in [-0.1, -0.05) is 19.4 Å². The van der Waals surface area contributed by atoms with Crippen molar-refractivity contribution in [2.24, 2.45) is 0 Å². The average Bonchev–Trinajstić information content (AvgIpc) is 2.71. The van der Waals surface area contributed by atoms with Gasteiger partial charge in [-0.05, 0) is 31.7 Å². The summed E-state index contributed by atoms with van der Waals surface area (Å²) in [5.41, 5.74) is -0.155. The Morgan fingerprint density at radius 3 is 2.80 bits per heavy atom. The Morgan fingerprint density at radius 2 is 2.33 bits per heavy atom. The zero-order valence-corrected chi connectivity index (χ0v) is 10.6. The number of rotatable bonds is 6. The van der Waals surface area contributed by atoms with E-state index < -0.39 is 0 Å². The van der Waals surface area contributed by atoms with Crippen molar-refractivity contribution >= 4 is 11.3 Å². The molecule has 0 aliphatic heterocycles. The molecule has 0 amide bonds. The molecule has 1 aromatic heterocycles. The first-order valence-electron chi connectivity index (χ1n) is 5.53. The second-order valence-electron chi connectivity index (χ2n) is 4.35. The van der Waals surface area contributed by atoms with Crippen molar-refractivity contribution < 1.29 is 5.11 Å². The summed E-state index contributed by atoms with van der Waals surface area (Å²) in [6, 6.07) is 4.51. The Hall–Kier alpha value is -0.380. The Labute approximate surface area is 96.3 Å². The maximum absolute atomic E-state index is 9.40. The lowest BCUT2D eigenvalue weighted by Gasteiger charge is -2.31. The number of hydrogen-bond donors (Lipinski definition) is 2. The molecule has 86 valence electrons. The van der Waals surface area contributed by atoms with E-state index in [-0.39, 0.29) is 12.1 Å². The van der Waals surface area contributed by atoms with Crippen molar-refractivity contribution in [1.29, 1.82) is 0 Å². The first-order chi connectivity index (χ1) is 7.11. The van der Waals surface area contributed by atoms with Gasteiger partial charge >= 0.3 is 0 Å². The van der Waals surface area contributed by atoms with Crippen molar-refractivity contribution in [2.45, 2.75) is 45.2 Å². The summed E-state index contributed by atoms with van der Waals surface area (Å²) in [6.07, 6.45) is 2.08. The molecule has 1 aromatic rings. The minimum absolute atomic E-state index is 0.155. The number of aliphatic hydroxyl groups is 1. The van der Waals surface area contributed by atoms with Gasteiger partial charge in [-0.2, -0.15) is 0 Å². The molecule has 0 fully saturated rings. The van der Waals surface area contributed by atoms with Crippen LogP contribution in [-0.4, -0.2) is 17.3 Å². The van der Waals surface area contributed by atoms with Crippen LogP contribution in [0.2, 0.25) is 0 Å². The van der Waals surface area contributed by atoms with Crippen LogP contribution in [0.15, 0.2) is 17.5 Å². The molecule has 0 saturated carbocycles. The van der Waals surface area contributed by atoms with Crippen LogP contribution in [0.4, 0.5) is 0 Å². The van der Waals surface area contributed by atoms with E-state index in [1.165, 1.54) is 4.88 Å². The minimum Gasteiger partial charge on any atom is -0.394 e. The molecule has 0 aromatic carbocycles. The highest BCUT2D eigenvalue weighted by molar-refractivity contribution is 7.10. The molecular formula is C12H21NOS. The van der Waals surface area contributed by atoms with Crippen LogP contribution in [0.25, 0.3) is 0 Å². The SMILES string of the molecule is CCCC(C)(CO)NC(C)c1cccs1. The third-order valence-corrected chi connectivity index (χ3v) is 3.74. The second kappa shape index (κ2) is 5.64. The maximum Gasteiger partial charge on any atom is 0.0610 e. The molecule has 1 rings (SSSR count). The monoisotopic (exact) mass is 227 g/mol. The lowest BCUT2D eigenvalue weighted by Crippen LogP contribution is -2.46. The molecule has 3 heteroatoms. The fraction of sp³-hybridized carbons (Fsp3) is 0.667. The predicted octanol–water partition coefficient (Wildman–Crippen LogP) is 2.95. The lowest BCUT2D eigenvalue weighted by atomic mass is 9.96. The van der Waals surface area contributed by atoms with Crippen LogP contribution in [-0.2, 0) is 0 Å². The first kappa shape index (κ1) is 12.7. The van der Waals surface area contributed by atoms with Crippen LogP contribution in [0.1, 0.15) is 44.5 Å². The van der Waals surface area contributed by atoms with E-state index in [9.17, 15) is 5.11 Å². The van der Waals surface area contributed by atoms with Gasteiger partial charge in [-0.15, -0.1) is 11.3 Å². The van der Waals surface area contributed by atoms with E-state index in [1.54, 1.807) is 11.3 Å². The van der Waals surface area contributed by atoms with Gasteiger partial charge in [0.1, 0.15) is 0 Å². The van der Waals surface area contributed by atoms with Crippen molar-refractivity contribution in [3.63, 3.8) is 0 Å². The van der Waals surface area contributed by atoms with Crippen LogP contribution in [0.3, 0.4) is 0 Å². The lowest BCUT2D eigenvalue weighted by molar-refractivity contribution is 0.154. The third kappa shape index (κ3) is 3.59. The molecule has 1 heterocycles. The smallest absolute Gasteiger partial charge is 0.0610 e. The number of nitrogens with one attached hydrogen (secondary N) is 1. The molecule has 2 nitrogen and oxygen atoms in total. The van der Waals surface area contributed by atoms with Crippen molar-refractivity contribution in [3.8, 4) is 0 Å². The summed E-state index contributed by atoms with van der Waals surface area (Å²) >= 11 is 1.76. The van der Waals surface area contributed by atoms with E-state index in [2.05, 4.69) is 43.6 Å². The zero-order valence-electron chi connectivity index (χ0n) is 9.79. The van der Waals surface area contributed by atoms with Gasteiger partial charge in [-0.25, -0.2) is 0 Å². The molecular weight excluding hydrogens is 206 g/mol. The van der Waals surface area contributed by atoms with E-state index >= 15 is 0 Å². The van der Waals surface area contributed by atoms with Gasteiger partial charge in [-0.3, -0.25) is 0 Å². The summed E-state index contributed by atoms with van der Waals surface area (Å²) in [7, 11) is 0. The zero-order chi connectivity index (χ0) is 11.3. The quantitative estimate of drug-likeness (QED) is 0.783. The normalized spacial score (nSPS) is 17.3. The molecule has 15 heavy (non-hydrogen) atoms. The van der Waals surface area contributed by atoms with Crippen LogP contribution < -0.4 is 5.32 Å². The van der Waals surface area contributed by atoms with Crippen LogP contribution in [0.5, 0.6) is 0 Å². The largest absolute Gasteiger partial charge is 0.394 e. The number of hydrogen-bond acceptors (Lipinski definition) is 3. The van der Waals surface area contributed by atoms with E-state index in [1.807, 2.05) is 0 Å². The topological polar surface area (TPSA) is 32.3 Å². The van der Waals surface area contributed by atoms with Crippen LogP contribution in [0, 0.1) is 0 Å². The van der Waals surface area contributed by atoms with Crippen molar-refractivity contribution in [3.05, 3.63) is 22.4 Å². The summed E-state index contributed by atoms with van der Waals surface area (Å²) < 4.78 is 0. The Balaban J connectivity index is 2.59. The molecule has 2 atom stereocenters. The molecule has 2 unspecified atom stereocenters. The first-order valence-corrected chi connectivity index (χ1v) is 6.41. The highest BCUT2D eigenvalue weighted by Crippen LogP contribution is 2.22. The predicted molar refractivity (Wildman–Crippen MR) is 66.3 cm³/mol. The van der Waals surface area contributed by atoms with Gasteiger partial charge in [0.25, 0.3) is 0 Å². The molecule has 0 bridgehead atoms. The third-order valence-electron chi connectivity index (χ3n) is 2.69. The standard InChI is InChI=1S/C12H21NOS/c1-4-7-12(3,9-14)13-10(2)11-6-5-8-15-11/h5-6,8,10,13-14H,4,7,9H2,1-3H3. The summed E-state index contributed by atoms with van der Waals surface area (Å²) in [5.74, 6) is 0. The van der Waals surface area contributed by atoms with E-state index in [0.717, 1.165) is 12.8 Å². The average molecular weight is 227 g/mol. The molecule has 0 spiro atoms. The van der Waals surface area contributed by atoms with Crippen LogP contribution >= 0.6 is 11.3 Å². The van der Waals surface area contributed by atoms with Gasteiger partial charge in [0.2, 0.25) is 0 Å².